The molecule has 39 heavy (non-hydrogen) atoms. The predicted molar refractivity (Wildman–Crippen MR) is 148 cm³/mol. The molecule has 1 aliphatic rings. The van der Waals surface area contributed by atoms with Gasteiger partial charge in [-0.3, -0.25) is 14.5 Å². The van der Waals surface area contributed by atoms with Gasteiger partial charge in [-0.05, 0) is 74.0 Å². The summed E-state index contributed by atoms with van der Waals surface area (Å²) in [5.41, 5.74) is 1.32. The fourth-order valence-electron chi connectivity index (χ4n) is 4.49. The zero-order chi connectivity index (χ0) is 27.7. The quantitative estimate of drug-likeness (QED) is 0.171. The molecule has 0 saturated carbocycles. The van der Waals surface area contributed by atoms with Crippen molar-refractivity contribution in [1.29, 1.82) is 0 Å². The van der Waals surface area contributed by atoms with Gasteiger partial charge in [0.2, 0.25) is 0 Å². The van der Waals surface area contributed by atoms with Crippen molar-refractivity contribution >= 4 is 44.1 Å². The third-order valence-electron chi connectivity index (χ3n) is 6.27. The van der Waals surface area contributed by atoms with E-state index in [0.717, 1.165) is 4.70 Å². The molecule has 0 bridgehead atoms. The Morgan fingerprint density at radius 2 is 1.67 bits per heavy atom. The highest BCUT2D eigenvalue weighted by atomic mass is 32.1. The van der Waals surface area contributed by atoms with Gasteiger partial charge in [-0.1, -0.05) is 17.4 Å². The molecule has 1 amide bonds. The Morgan fingerprint density at radius 1 is 0.974 bits per heavy atom. The lowest BCUT2D eigenvalue weighted by molar-refractivity contribution is -0.132. The van der Waals surface area contributed by atoms with Crippen LogP contribution in [0.25, 0.3) is 16.0 Å². The second-order valence-electron chi connectivity index (χ2n) is 8.62. The number of aliphatic hydroxyl groups excluding tert-OH is 1. The van der Waals surface area contributed by atoms with Crippen molar-refractivity contribution in [2.45, 2.75) is 19.9 Å². The van der Waals surface area contributed by atoms with Gasteiger partial charge in [0.15, 0.2) is 16.6 Å². The lowest BCUT2D eigenvalue weighted by atomic mass is 9.95. The van der Waals surface area contributed by atoms with Crippen LogP contribution in [-0.2, 0) is 9.59 Å². The number of thiazole rings is 1. The molecule has 0 spiro atoms. The third kappa shape index (κ3) is 4.74. The number of phenols is 1. The molecule has 1 fully saturated rings. The molecule has 1 saturated heterocycles. The van der Waals surface area contributed by atoms with E-state index in [0.29, 0.717) is 41.4 Å². The van der Waals surface area contributed by atoms with Crippen LogP contribution in [0.15, 0.2) is 66.2 Å². The second-order valence-corrected chi connectivity index (χ2v) is 9.63. The number of anilines is 1. The highest BCUT2D eigenvalue weighted by Gasteiger charge is 2.48. The van der Waals surface area contributed by atoms with Crippen LogP contribution in [0.3, 0.4) is 0 Å². The summed E-state index contributed by atoms with van der Waals surface area (Å²) < 4.78 is 17.1. The Balaban J connectivity index is 1.68. The molecular formula is C29H26N2O7S. The largest absolute Gasteiger partial charge is 0.507 e. The van der Waals surface area contributed by atoms with Crippen LogP contribution in [-0.4, -0.2) is 47.2 Å². The fourth-order valence-corrected chi connectivity index (χ4v) is 5.51. The summed E-state index contributed by atoms with van der Waals surface area (Å²) in [6, 6.07) is 15.5. The van der Waals surface area contributed by atoms with Gasteiger partial charge in [0, 0.05) is 5.56 Å². The molecule has 1 unspecified atom stereocenters. The van der Waals surface area contributed by atoms with Crippen LogP contribution in [0.2, 0.25) is 0 Å². The van der Waals surface area contributed by atoms with E-state index in [1.165, 1.54) is 35.5 Å². The first-order valence-electron chi connectivity index (χ1n) is 12.3. The number of aliphatic hydroxyl groups is 1. The maximum absolute atomic E-state index is 13.5. The summed E-state index contributed by atoms with van der Waals surface area (Å²) in [6.07, 6.45) is 0. The standard InChI is InChI=1S/C29H26N2O7S/c1-4-37-18-9-6-16(7-10-18)26(33)24-25(17-8-13-21(32)22(14-17)36-3)31(28(35)27(24)34)29-30-20-12-11-19(38-5-2)15-23(20)39-29/h6-15,25,32-33H,4-5H2,1-3H3. The molecule has 10 heteroatoms. The molecule has 1 aliphatic heterocycles. The molecule has 9 nitrogen and oxygen atoms in total. The zero-order valence-electron chi connectivity index (χ0n) is 21.5. The molecule has 5 rings (SSSR count). The molecule has 0 aliphatic carbocycles. The average Bonchev–Trinajstić information content (AvgIpc) is 3.47. The average molecular weight is 547 g/mol. The van der Waals surface area contributed by atoms with Crippen molar-refractivity contribution in [2.24, 2.45) is 0 Å². The van der Waals surface area contributed by atoms with E-state index in [1.54, 1.807) is 42.5 Å². The normalized spacial score (nSPS) is 16.6. The van der Waals surface area contributed by atoms with Gasteiger partial charge in [0.05, 0.1) is 42.2 Å². The second kappa shape index (κ2) is 10.7. The van der Waals surface area contributed by atoms with E-state index in [2.05, 4.69) is 4.98 Å². The van der Waals surface area contributed by atoms with Crippen molar-refractivity contribution in [3.63, 3.8) is 0 Å². The van der Waals surface area contributed by atoms with Crippen LogP contribution in [0.1, 0.15) is 31.0 Å². The number of benzene rings is 3. The van der Waals surface area contributed by atoms with Gasteiger partial charge >= 0.3 is 5.91 Å². The Kier molecular flexibility index (Phi) is 7.12. The summed E-state index contributed by atoms with van der Waals surface area (Å²) >= 11 is 1.23. The number of aromatic nitrogens is 1. The van der Waals surface area contributed by atoms with E-state index in [9.17, 15) is 19.8 Å². The van der Waals surface area contributed by atoms with Crippen molar-refractivity contribution in [1.82, 2.24) is 4.98 Å². The number of rotatable bonds is 8. The molecule has 200 valence electrons. The topological polar surface area (TPSA) is 118 Å². The van der Waals surface area contributed by atoms with Crippen LogP contribution in [0.5, 0.6) is 23.0 Å². The smallest absolute Gasteiger partial charge is 0.301 e. The Morgan fingerprint density at radius 3 is 2.36 bits per heavy atom. The highest BCUT2D eigenvalue weighted by molar-refractivity contribution is 7.22. The molecule has 1 atom stereocenters. The summed E-state index contributed by atoms with van der Waals surface area (Å²) in [5, 5.41) is 21.8. The molecule has 2 heterocycles. The maximum atomic E-state index is 13.5. The van der Waals surface area contributed by atoms with Gasteiger partial charge in [0.25, 0.3) is 5.78 Å². The van der Waals surface area contributed by atoms with Gasteiger partial charge in [-0.15, -0.1) is 0 Å². The van der Waals surface area contributed by atoms with Crippen molar-refractivity contribution in [3.8, 4) is 23.0 Å². The molecule has 0 radical (unpaired) electrons. The Labute approximate surface area is 228 Å². The minimum Gasteiger partial charge on any atom is -0.507 e. The lowest BCUT2D eigenvalue weighted by Gasteiger charge is -2.23. The molecule has 3 aromatic carbocycles. The number of ketones is 1. The molecular weight excluding hydrogens is 520 g/mol. The zero-order valence-corrected chi connectivity index (χ0v) is 22.3. The van der Waals surface area contributed by atoms with Crippen molar-refractivity contribution in [3.05, 3.63) is 77.4 Å². The van der Waals surface area contributed by atoms with E-state index in [-0.39, 0.29) is 28.0 Å². The van der Waals surface area contributed by atoms with E-state index in [4.69, 9.17) is 14.2 Å². The number of fused-ring (bicyclic) bond motifs is 1. The highest BCUT2D eigenvalue weighted by Crippen LogP contribution is 2.46. The summed E-state index contributed by atoms with van der Waals surface area (Å²) in [6.45, 7) is 4.73. The van der Waals surface area contributed by atoms with Crippen LogP contribution in [0.4, 0.5) is 5.13 Å². The van der Waals surface area contributed by atoms with Gasteiger partial charge in [-0.25, -0.2) is 4.98 Å². The maximum Gasteiger partial charge on any atom is 0.301 e. The fraction of sp³-hybridized carbons (Fsp3) is 0.207. The van der Waals surface area contributed by atoms with Gasteiger partial charge in [-0.2, -0.15) is 0 Å². The number of Topliss-reactive ketones (excluding diaryl/α,β-unsaturated/α-hetero) is 1. The molecule has 4 aromatic rings. The number of hydrogen-bond acceptors (Lipinski definition) is 9. The summed E-state index contributed by atoms with van der Waals surface area (Å²) in [4.78, 5) is 32.9. The number of methoxy groups -OCH3 is 1. The number of aromatic hydroxyl groups is 1. The first-order chi connectivity index (χ1) is 18.9. The summed E-state index contributed by atoms with van der Waals surface area (Å²) in [7, 11) is 1.40. The lowest BCUT2D eigenvalue weighted by Crippen LogP contribution is -2.29. The van der Waals surface area contributed by atoms with Crippen LogP contribution < -0.4 is 19.1 Å². The number of ether oxygens (including phenoxy) is 3. The summed E-state index contributed by atoms with van der Waals surface area (Å²) in [5.74, 6) is -0.697. The van der Waals surface area contributed by atoms with E-state index in [1.807, 2.05) is 19.9 Å². The molecule has 1 aromatic heterocycles. The minimum atomic E-state index is -1.03. The SMILES string of the molecule is CCOc1ccc(C(O)=C2C(=O)C(=O)N(c3nc4ccc(OCC)cc4s3)C2c2ccc(O)c(OC)c2)cc1. The van der Waals surface area contributed by atoms with Gasteiger partial charge < -0.3 is 24.4 Å². The van der Waals surface area contributed by atoms with Crippen LogP contribution in [0, 0.1) is 0 Å². The number of amides is 1. The monoisotopic (exact) mass is 546 g/mol. The van der Waals surface area contributed by atoms with Gasteiger partial charge in [0.1, 0.15) is 17.3 Å². The first kappa shape index (κ1) is 26.1. The van der Waals surface area contributed by atoms with Crippen LogP contribution >= 0.6 is 11.3 Å². The number of phenolic OH excluding ortho intramolecular Hbond substituents is 1. The van der Waals surface area contributed by atoms with Crippen molar-refractivity contribution in [2.75, 3.05) is 25.2 Å². The van der Waals surface area contributed by atoms with E-state index < -0.39 is 17.7 Å². The number of hydrogen-bond donors (Lipinski definition) is 2. The predicted octanol–water partition coefficient (Wildman–Crippen LogP) is 5.43. The molecule has 2 N–H and O–H groups in total. The Hall–Kier alpha value is -4.57. The minimum absolute atomic E-state index is 0.104. The first-order valence-corrected chi connectivity index (χ1v) is 13.1. The number of nitrogens with zero attached hydrogens (tertiary/aromatic N) is 2. The Bertz CT molecular complexity index is 1590. The number of carbonyl (C=O) groups excluding carboxylic acids is 2. The van der Waals surface area contributed by atoms with E-state index >= 15 is 0 Å². The number of carbonyl (C=O) groups is 2. The third-order valence-corrected chi connectivity index (χ3v) is 7.29. The van der Waals surface area contributed by atoms with Crippen molar-refractivity contribution < 1.29 is 34.0 Å².